The van der Waals surface area contributed by atoms with Gasteiger partial charge in [0, 0.05) is 30.5 Å². The Morgan fingerprint density at radius 2 is 2.18 bits per heavy atom. The van der Waals surface area contributed by atoms with Gasteiger partial charge in [-0.3, -0.25) is 20.2 Å². The molecule has 3 aromatic rings. The molecule has 0 saturated carbocycles. The average Bonchev–Trinajstić information content (AvgIpc) is 3.26. The number of nitrogens with one attached hydrogen (secondary N) is 1. The lowest BCUT2D eigenvalue weighted by atomic mass is 10.1. The van der Waals surface area contributed by atoms with Crippen molar-refractivity contribution in [3.05, 3.63) is 48.5 Å². The van der Waals surface area contributed by atoms with E-state index in [1.54, 1.807) is 11.1 Å². The van der Waals surface area contributed by atoms with Gasteiger partial charge in [-0.05, 0) is 37.6 Å². The van der Waals surface area contributed by atoms with Crippen molar-refractivity contribution < 1.29 is 19.7 Å². The Labute approximate surface area is 196 Å². The van der Waals surface area contributed by atoms with Crippen molar-refractivity contribution in [3.8, 4) is 17.1 Å². The lowest BCUT2D eigenvalue weighted by molar-refractivity contribution is 0.0520. The van der Waals surface area contributed by atoms with Crippen molar-refractivity contribution in [1.29, 1.82) is 0 Å². The number of rotatable bonds is 6. The maximum atomic E-state index is 13.4. The molecule has 0 spiro atoms. The SMILES string of the molecule is Cc1cc(-c2ccc3c(n2)N(C(=O)Nc2cncc(OCC(O)CO)n2)C2CCN3C2)ccn1. The molecule has 34 heavy (non-hydrogen) atoms. The number of aryl methyl sites for hydroxylation is 1. The number of anilines is 3. The van der Waals surface area contributed by atoms with E-state index in [1.807, 2.05) is 31.2 Å². The van der Waals surface area contributed by atoms with E-state index in [0.29, 0.717) is 5.82 Å². The summed E-state index contributed by atoms with van der Waals surface area (Å²) in [6.45, 7) is 2.96. The highest BCUT2D eigenvalue weighted by atomic mass is 16.5. The summed E-state index contributed by atoms with van der Waals surface area (Å²) in [5.41, 5.74) is 3.51. The van der Waals surface area contributed by atoms with Crippen LogP contribution >= 0.6 is 0 Å². The molecule has 3 N–H and O–H groups in total. The predicted molar refractivity (Wildman–Crippen MR) is 125 cm³/mol. The first-order valence-electron chi connectivity index (χ1n) is 11.0. The Morgan fingerprint density at radius 3 is 3.00 bits per heavy atom. The molecule has 0 radical (unpaired) electrons. The van der Waals surface area contributed by atoms with Gasteiger partial charge in [0.15, 0.2) is 11.6 Å². The zero-order valence-electron chi connectivity index (χ0n) is 18.6. The standard InChI is InChI=1S/C23H25N7O4/c1-14-8-15(4-6-25-14)18-2-3-19-22(26-18)30(16-5-7-29(19)11-16)23(33)28-20-9-24-10-21(27-20)34-13-17(32)12-31/h2-4,6,8-10,16-17,31-32H,5,7,11-13H2,1H3,(H,27,28,33). The number of aliphatic hydroxyl groups is 2. The zero-order chi connectivity index (χ0) is 23.7. The number of aliphatic hydroxyl groups excluding tert-OH is 2. The van der Waals surface area contributed by atoms with Crippen LogP contribution in [0.1, 0.15) is 12.1 Å². The molecule has 0 aliphatic carbocycles. The van der Waals surface area contributed by atoms with Gasteiger partial charge >= 0.3 is 6.03 Å². The normalized spacial score (nSPS) is 17.3. The molecule has 2 bridgehead atoms. The van der Waals surface area contributed by atoms with Crippen LogP contribution in [0.15, 0.2) is 42.9 Å². The number of nitrogens with zero attached hydrogens (tertiary/aromatic N) is 6. The van der Waals surface area contributed by atoms with Gasteiger partial charge in [-0.25, -0.2) is 9.78 Å². The number of amides is 2. The topological polar surface area (TPSA) is 137 Å². The van der Waals surface area contributed by atoms with Crippen molar-refractivity contribution in [2.45, 2.75) is 25.5 Å². The molecule has 176 valence electrons. The number of aromatic nitrogens is 4. The molecular formula is C23H25N7O4. The monoisotopic (exact) mass is 463 g/mol. The van der Waals surface area contributed by atoms with Crippen LogP contribution in [0, 0.1) is 6.92 Å². The third-order valence-electron chi connectivity index (χ3n) is 5.84. The third-order valence-corrected chi connectivity index (χ3v) is 5.84. The first-order chi connectivity index (χ1) is 16.5. The fourth-order valence-corrected chi connectivity index (χ4v) is 4.22. The van der Waals surface area contributed by atoms with Gasteiger partial charge in [-0.15, -0.1) is 0 Å². The van der Waals surface area contributed by atoms with Gasteiger partial charge < -0.3 is 19.8 Å². The summed E-state index contributed by atoms with van der Waals surface area (Å²) in [5, 5.41) is 21.2. The number of carbonyl (C=O) groups is 1. The van der Waals surface area contributed by atoms with Crippen LogP contribution in [0.4, 0.5) is 22.1 Å². The molecule has 1 saturated heterocycles. The zero-order valence-corrected chi connectivity index (χ0v) is 18.6. The molecule has 11 heteroatoms. The quantitative estimate of drug-likeness (QED) is 0.498. The highest BCUT2D eigenvalue weighted by Crippen LogP contribution is 2.40. The second-order valence-corrected chi connectivity index (χ2v) is 8.30. The van der Waals surface area contributed by atoms with E-state index in [1.165, 1.54) is 12.4 Å². The van der Waals surface area contributed by atoms with E-state index in [9.17, 15) is 9.90 Å². The molecule has 2 atom stereocenters. The highest BCUT2D eigenvalue weighted by molar-refractivity contribution is 6.04. The summed E-state index contributed by atoms with van der Waals surface area (Å²) < 4.78 is 5.33. The molecule has 3 aromatic heterocycles. The fraction of sp³-hybridized carbons (Fsp3) is 0.348. The summed E-state index contributed by atoms with van der Waals surface area (Å²) in [7, 11) is 0. The second-order valence-electron chi connectivity index (χ2n) is 8.30. The summed E-state index contributed by atoms with van der Waals surface area (Å²) in [4.78, 5) is 34.8. The fourth-order valence-electron chi connectivity index (χ4n) is 4.22. The molecule has 1 fully saturated rings. The smallest absolute Gasteiger partial charge is 0.329 e. The minimum atomic E-state index is -1.03. The van der Waals surface area contributed by atoms with E-state index < -0.39 is 12.7 Å². The summed E-state index contributed by atoms with van der Waals surface area (Å²) >= 11 is 0. The Kier molecular flexibility index (Phi) is 5.95. The molecule has 5 heterocycles. The van der Waals surface area contributed by atoms with Crippen molar-refractivity contribution in [2.75, 3.05) is 41.4 Å². The summed E-state index contributed by atoms with van der Waals surface area (Å²) in [5.74, 6) is 0.943. The average molecular weight is 463 g/mol. The predicted octanol–water partition coefficient (Wildman–Crippen LogP) is 1.60. The lowest BCUT2D eigenvalue weighted by Crippen LogP contribution is -2.48. The minimum absolute atomic E-state index is 0.0125. The van der Waals surface area contributed by atoms with Gasteiger partial charge in [0.25, 0.3) is 0 Å². The molecule has 11 nitrogen and oxygen atoms in total. The Morgan fingerprint density at radius 1 is 1.29 bits per heavy atom. The maximum absolute atomic E-state index is 13.4. The number of fused-ring (bicyclic) bond motifs is 4. The van der Waals surface area contributed by atoms with Crippen LogP contribution in [0.3, 0.4) is 0 Å². The van der Waals surface area contributed by atoms with E-state index in [-0.39, 0.29) is 30.4 Å². The van der Waals surface area contributed by atoms with E-state index in [4.69, 9.17) is 14.8 Å². The second kappa shape index (κ2) is 9.20. The first kappa shape index (κ1) is 22.0. The van der Waals surface area contributed by atoms with Crippen molar-refractivity contribution in [2.24, 2.45) is 0 Å². The largest absolute Gasteiger partial charge is 0.474 e. The molecule has 2 aliphatic rings. The van der Waals surface area contributed by atoms with Crippen LogP contribution < -0.4 is 19.9 Å². The van der Waals surface area contributed by atoms with Gasteiger partial charge in [-0.1, -0.05) is 0 Å². The van der Waals surface area contributed by atoms with Crippen LogP contribution in [-0.2, 0) is 0 Å². The highest BCUT2D eigenvalue weighted by Gasteiger charge is 2.40. The van der Waals surface area contributed by atoms with Gasteiger partial charge in [0.05, 0.1) is 36.4 Å². The molecule has 2 amide bonds. The molecule has 2 aliphatic heterocycles. The number of ether oxygens (including phenoxy) is 1. The van der Waals surface area contributed by atoms with Crippen molar-refractivity contribution in [3.63, 3.8) is 0 Å². The van der Waals surface area contributed by atoms with Crippen LogP contribution in [0.5, 0.6) is 5.88 Å². The first-order valence-corrected chi connectivity index (χ1v) is 11.0. The minimum Gasteiger partial charge on any atom is -0.474 e. The van der Waals surface area contributed by atoms with Crippen LogP contribution in [-0.4, -0.2) is 74.6 Å². The molecule has 0 aromatic carbocycles. The molecular weight excluding hydrogens is 438 g/mol. The number of pyridine rings is 2. The number of hydrogen-bond acceptors (Lipinski definition) is 9. The molecule has 5 rings (SSSR count). The number of carbonyl (C=O) groups excluding carboxylic acids is 1. The van der Waals surface area contributed by atoms with Crippen molar-refractivity contribution in [1.82, 2.24) is 19.9 Å². The molecule has 2 unspecified atom stereocenters. The van der Waals surface area contributed by atoms with Crippen LogP contribution in [0.25, 0.3) is 11.3 Å². The van der Waals surface area contributed by atoms with Gasteiger partial charge in [-0.2, -0.15) is 4.98 Å². The third kappa shape index (κ3) is 4.35. The summed E-state index contributed by atoms with van der Waals surface area (Å²) in [6, 6.07) is 7.47. The Balaban J connectivity index is 1.41. The van der Waals surface area contributed by atoms with E-state index >= 15 is 0 Å². The maximum Gasteiger partial charge on any atom is 0.329 e. The number of urea groups is 1. The van der Waals surface area contributed by atoms with Gasteiger partial charge in [0.2, 0.25) is 5.88 Å². The lowest BCUT2D eigenvalue weighted by Gasteiger charge is -2.35. The van der Waals surface area contributed by atoms with Gasteiger partial charge in [0.1, 0.15) is 12.7 Å². The van der Waals surface area contributed by atoms with Crippen molar-refractivity contribution >= 4 is 23.4 Å². The van der Waals surface area contributed by atoms with Crippen LogP contribution in [0.2, 0.25) is 0 Å². The summed E-state index contributed by atoms with van der Waals surface area (Å²) in [6.07, 6.45) is 4.34. The Hall–Kier alpha value is -3.83. The van der Waals surface area contributed by atoms with E-state index in [2.05, 4.69) is 25.2 Å². The number of hydrogen-bond donors (Lipinski definition) is 3. The Bertz CT molecular complexity index is 1210. The van der Waals surface area contributed by atoms with E-state index in [0.717, 1.165) is 42.1 Å².